The minimum absolute atomic E-state index is 0.360. The van der Waals surface area contributed by atoms with Gasteiger partial charge in [-0.1, -0.05) is 0 Å². The lowest BCUT2D eigenvalue weighted by molar-refractivity contribution is -0.138. The molecule has 1 aromatic rings. The molecule has 0 radical (unpaired) electrons. The number of allylic oxidation sites excluding steroid dienone is 1. The molecule has 0 spiro atoms. The van der Waals surface area contributed by atoms with Crippen LogP contribution >= 0.6 is 0 Å². The summed E-state index contributed by atoms with van der Waals surface area (Å²) in [6.07, 6.45) is -1.64. The molecule has 1 aliphatic carbocycles. The molecule has 0 aromatic heterocycles. The summed E-state index contributed by atoms with van der Waals surface area (Å²) < 4.78 is 0. The summed E-state index contributed by atoms with van der Waals surface area (Å²) in [5.41, 5.74) is -1.22. The molecule has 0 aliphatic heterocycles. The Kier molecular flexibility index (Phi) is 3.29. The number of Topliss-reactive ketones (excluding diaryl/α,β-unsaturated/α-hetero) is 1. The van der Waals surface area contributed by atoms with E-state index in [9.17, 15) is 29.7 Å². The number of rotatable bonds is 3. The molecule has 0 saturated carbocycles. The summed E-state index contributed by atoms with van der Waals surface area (Å²) in [6, 6.07) is 2.09. The smallest absolute Gasteiger partial charge is 0.306 e. The first-order chi connectivity index (χ1) is 9.32. The predicted octanol–water partition coefficient (Wildman–Crippen LogP) is 0.239. The van der Waals surface area contributed by atoms with Gasteiger partial charge in [-0.15, -0.1) is 0 Å². The van der Waals surface area contributed by atoms with Crippen molar-refractivity contribution in [3.63, 3.8) is 0 Å². The second-order valence-electron chi connectivity index (χ2n) is 4.26. The van der Waals surface area contributed by atoms with Crippen LogP contribution in [0.2, 0.25) is 0 Å². The lowest BCUT2D eigenvalue weighted by Crippen LogP contribution is -2.27. The molecule has 20 heavy (non-hydrogen) atoms. The standard InChI is InChI=1S/C13H10O7/c14-6-1-2-7(15)12-11(6)9(17)3-5(13(12)20)8(16)4-10(18)19/h1-3,8,14-16H,4H2,(H,18,19). The SMILES string of the molecule is O=C(O)CC(O)C1=CC(=O)c2c(O)ccc(O)c2C1=O. The minimum Gasteiger partial charge on any atom is -0.507 e. The predicted molar refractivity (Wildman–Crippen MR) is 64.8 cm³/mol. The Labute approximate surface area is 112 Å². The first-order valence-electron chi connectivity index (χ1n) is 5.58. The van der Waals surface area contributed by atoms with E-state index in [4.69, 9.17) is 5.11 Å². The fourth-order valence-electron chi connectivity index (χ4n) is 2.01. The number of carbonyl (C=O) groups is 3. The van der Waals surface area contributed by atoms with Gasteiger partial charge in [0, 0.05) is 5.57 Å². The third-order valence-electron chi connectivity index (χ3n) is 2.91. The van der Waals surface area contributed by atoms with Gasteiger partial charge in [0.1, 0.15) is 11.5 Å². The molecule has 1 atom stereocenters. The van der Waals surface area contributed by atoms with Crippen molar-refractivity contribution in [2.24, 2.45) is 0 Å². The van der Waals surface area contributed by atoms with Crippen LogP contribution in [0, 0.1) is 0 Å². The molecule has 0 bridgehead atoms. The quantitative estimate of drug-likeness (QED) is 0.582. The maximum atomic E-state index is 12.1. The van der Waals surface area contributed by atoms with Gasteiger partial charge in [0.15, 0.2) is 11.6 Å². The van der Waals surface area contributed by atoms with Gasteiger partial charge in [-0.05, 0) is 18.2 Å². The van der Waals surface area contributed by atoms with Crippen molar-refractivity contribution in [2.75, 3.05) is 0 Å². The average Bonchev–Trinajstić information content (AvgIpc) is 2.35. The van der Waals surface area contributed by atoms with E-state index in [1.165, 1.54) is 0 Å². The number of phenolic OH excluding ortho intramolecular Hbond substituents is 2. The fourth-order valence-corrected chi connectivity index (χ4v) is 2.01. The number of aliphatic hydroxyl groups is 1. The van der Waals surface area contributed by atoms with Crippen molar-refractivity contribution in [2.45, 2.75) is 12.5 Å². The largest absolute Gasteiger partial charge is 0.507 e. The summed E-state index contributed by atoms with van der Waals surface area (Å²) in [4.78, 5) is 34.5. The minimum atomic E-state index is -1.67. The first kappa shape index (κ1) is 13.8. The highest BCUT2D eigenvalue weighted by atomic mass is 16.4. The molecule has 0 amide bonds. The molecule has 104 valence electrons. The Bertz CT molecular complexity index is 657. The fraction of sp³-hybridized carbons (Fsp3) is 0.154. The van der Waals surface area contributed by atoms with Crippen molar-refractivity contribution in [3.8, 4) is 11.5 Å². The number of benzene rings is 1. The zero-order valence-electron chi connectivity index (χ0n) is 10.0. The zero-order valence-corrected chi connectivity index (χ0v) is 10.0. The lowest BCUT2D eigenvalue weighted by atomic mass is 9.85. The second-order valence-corrected chi connectivity index (χ2v) is 4.26. The number of carboxylic acid groups (broad SMARTS) is 1. The van der Waals surface area contributed by atoms with Gasteiger partial charge in [0.2, 0.25) is 0 Å². The van der Waals surface area contributed by atoms with Gasteiger partial charge in [0.25, 0.3) is 0 Å². The van der Waals surface area contributed by atoms with Crippen LogP contribution < -0.4 is 0 Å². The number of phenols is 2. The van der Waals surface area contributed by atoms with Crippen molar-refractivity contribution < 1.29 is 34.8 Å². The Morgan fingerprint density at radius 2 is 1.65 bits per heavy atom. The molecule has 1 aliphatic rings. The molecule has 1 unspecified atom stereocenters. The molecular weight excluding hydrogens is 268 g/mol. The lowest BCUT2D eigenvalue weighted by Gasteiger charge is -2.19. The number of aliphatic hydroxyl groups excluding tert-OH is 1. The number of aliphatic carboxylic acids is 1. The maximum Gasteiger partial charge on any atom is 0.306 e. The van der Waals surface area contributed by atoms with Gasteiger partial charge in [-0.25, -0.2) is 0 Å². The molecule has 2 rings (SSSR count). The highest BCUT2D eigenvalue weighted by Gasteiger charge is 2.34. The number of hydrogen-bond donors (Lipinski definition) is 4. The molecule has 7 nitrogen and oxygen atoms in total. The number of fused-ring (bicyclic) bond motifs is 1. The van der Waals surface area contributed by atoms with Crippen LogP contribution in [-0.2, 0) is 4.79 Å². The van der Waals surface area contributed by atoms with Crippen LogP contribution in [0.1, 0.15) is 27.1 Å². The Morgan fingerprint density at radius 1 is 1.10 bits per heavy atom. The van der Waals surface area contributed by atoms with Gasteiger partial charge >= 0.3 is 5.97 Å². The number of hydrogen-bond acceptors (Lipinski definition) is 6. The molecule has 7 heteroatoms. The van der Waals surface area contributed by atoms with Gasteiger partial charge in [-0.2, -0.15) is 0 Å². The number of carboxylic acids is 1. The first-order valence-corrected chi connectivity index (χ1v) is 5.58. The topological polar surface area (TPSA) is 132 Å². The number of aromatic hydroxyl groups is 2. The summed E-state index contributed by atoms with van der Waals surface area (Å²) in [7, 11) is 0. The molecule has 0 heterocycles. The maximum absolute atomic E-state index is 12.1. The van der Waals surface area contributed by atoms with Crippen molar-refractivity contribution >= 4 is 17.5 Å². The normalized spacial score (nSPS) is 15.6. The number of ketones is 2. The van der Waals surface area contributed by atoms with Crippen LogP contribution in [0.15, 0.2) is 23.8 Å². The van der Waals surface area contributed by atoms with Crippen LogP contribution in [0.5, 0.6) is 11.5 Å². The van der Waals surface area contributed by atoms with Crippen molar-refractivity contribution in [1.82, 2.24) is 0 Å². The monoisotopic (exact) mass is 278 g/mol. The van der Waals surface area contributed by atoms with Crippen LogP contribution in [0.25, 0.3) is 0 Å². The Balaban J connectivity index is 2.53. The highest BCUT2D eigenvalue weighted by Crippen LogP contribution is 2.35. The van der Waals surface area contributed by atoms with Gasteiger partial charge < -0.3 is 20.4 Å². The van der Waals surface area contributed by atoms with Gasteiger partial charge in [-0.3, -0.25) is 14.4 Å². The van der Waals surface area contributed by atoms with E-state index in [1.54, 1.807) is 0 Å². The van der Waals surface area contributed by atoms with E-state index in [-0.39, 0.29) is 5.56 Å². The zero-order chi connectivity index (χ0) is 15.0. The summed E-state index contributed by atoms with van der Waals surface area (Å²) in [6.45, 7) is 0. The molecular formula is C13H10O7. The van der Waals surface area contributed by atoms with Crippen molar-refractivity contribution in [3.05, 3.63) is 34.9 Å². The van der Waals surface area contributed by atoms with E-state index >= 15 is 0 Å². The van der Waals surface area contributed by atoms with Crippen LogP contribution in [-0.4, -0.2) is 44.1 Å². The summed E-state index contributed by atoms with van der Waals surface area (Å²) in [5.74, 6) is -4.01. The molecule has 4 N–H and O–H groups in total. The molecule has 0 fully saturated rings. The van der Waals surface area contributed by atoms with E-state index in [0.717, 1.165) is 18.2 Å². The Morgan fingerprint density at radius 3 is 2.20 bits per heavy atom. The van der Waals surface area contributed by atoms with E-state index < -0.39 is 52.7 Å². The second kappa shape index (κ2) is 4.78. The van der Waals surface area contributed by atoms with Crippen LogP contribution in [0.4, 0.5) is 0 Å². The van der Waals surface area contributed by atoms with E-state index in [2.05, 4.69) is 0 Å². The van der Waals surface area contributed by atoms with Crippen molar-refractivity contribution in [1.29, 1.82) is 0 Å². The third kappa shape index (κ3) is 2.14. The number of carbonyl (C=O) groups excluding carboxylic acids is 2. The Hall–Kier alpha value is -2.67. The van der Waals surface area contributed by atoms with Crippen LogP contribution in [0.3, 0.4) is 0 Å². The van der Waals surface area contributed by atoms with E-state index in [1.807, 2.05) is 0 Å². The highest BCUT2D eigenvalue weighted by molar-refractivity contribution is 6.27. The average molecular weight is 278 g/mol. The summed E-state index contributed by atoms with van der Waals surface area (Å²) >= 11 is 0. The summed E-state index contributed by atoms with van der Waals surface area (Å²) in [5, 5.41) is 37.5. The molecule has 1 aromatic carbocycles. The third-order valence-corrected chi connectivity index (χ3v) is 2.91. The molecule has 0 saturated heterocycles. The van der Waals surface area contributed by atoms with Gasteiger partial charge in [0.05, 0.1) is 23.7 Å². The van der Waals surface area contributed by atoms with E-state index in [0.29, 0.717) is 0 Å².